The smallest absolute Gasteiger partial charge is 0.263 e. The van der Waals surface area contributed by atoms with E-state index in [1.165, 1.54) is 36.9 Å². The van der Waals surface area contributed by atoms with Gasteiger partial charge in [-0.25, -0.2) is 0 Å². The van der Waals surface area contributed by atoms with E-state index < -0.39 is 0 Å². The molecule has 0 aromatic carbocycles. The summed E-state index contributed by atoms with van der Waals surface area (Å²) in [5.74, 6) is 1.16. The summed E-state index contributed by atoms with van der Waals surface area (Å²) in [4.78, 5) is 17.0. The number of fused-ring (bicyclic) bond motifs is 1. The Morgan fingerprint density at radius 3 is 2.54 bits per heavy atom. The van der Waals surface area contributed by atoms with Crippen LogP contribution in [0, 0.1) is 18.8 Å². The summed E-state index contributed by atoms with van der Waals surface area (Å²) >= 11 is 1.62. The number of carbonyl (C=O) groups excluding carboxylic acids is 1. The maximum Gasteiger partial charge on any atom is 0.263 e. The SMILES string of the molecule is Cc1nn(C2CCCCC2)c2sc(C(=O)N(C)CC3CCC(CO)CC3)cc12. The van der Waals surface area contributed by atoms with Crippen molar-refractivity contribution in [3.8, 4) is 0 Å². The highest BCUT2D eigenvalue weighted by atomic mass is 32.1. The molecule has 2 aliphatic carbocycles. The van der Waals surface area contributed by atoms with Gasteiger partial charge in [0.1, 0.15) is 4.83 Å². The maximum atomic E-state index is 13.1. The van der Waals surface area contributed by atoms with Gasteiger partial charge in [0, 0.05) is 25.6 Å². The van der Waals surface area contributed by atoms with E-state index in [2.05, 4.69) is 17.7 Å². The van der Waals surface area contributed by atoms with Crippen molar-refractivity contribution in [3.63, 3.8) is 0 Å². The van der Waals surface area contributed by atoms with E-state index in [1.54, 1.807) is 11.3 Å². The molecular weight excluding hydrogens is 370 g/mol. The molecule has 0 spiro atoms. The molecule has 2 aliphatic rings. The normalized spacial score (nSPS) is 24.0. The minimum atomic E-state index is 0.139. The number of carbonyl (C=O) groups is 1. The number of nitrogens with zero attached hydrogens (tertiary/aromatic N) is 3. The zero-order chi connectivity index (χ0) is 19.7. The van der Waals surface area contributed by atoms with E-state index in [0.29, 0.717) is 24.5 Å². The molecule has 2 heterocycles. The van der Waals surface area contributed by atoms with Gasteiger partial charge in [0.05, 0.1) is 16.6 Å². The van der Waals surface area contributed by atoms with Crippen molar-refractivity contribution in [1.29, 1.82) is 0 Å². The molecule has 5 nitrogen and oxygen atoms in total. The second-order valence-corrected chi connectivity index (χ2v) is 9.94. The molecule has 2 aromatic heterocycles. The second-order valence-electron chi connectivity index (χ2n) is 8.91. The van der Waals surface area contributed by atoms with E-state index in [1.807, 2.05) is 11.9 Å². The fourth-order valence-electron chi connectivity index (χ4n) is 5.01. The van der Waals surface area contributed by atoms with Gasteiger partial charge < -0.3 is 10.0 Å². The van der Waals surface area contributed by atoms with Crippen LogP contribution in [0.2, 0.25) is 0 Å². The Hall–Kier alpha value is -1.40. The van der Waals surface area contributed by atoms with Crippen LogP contribution < -0.4 is 0 Å². The summed E-state index contributed by atoms with van der Waals surface area (Å²) in [5.41, 5.74) is 1.04. The lowest BCUT2D eigenvalue weighted by Gasteiger charge is -2.30. The zero-order valence-corrected chi connectivity index (χ0v) is 18.0. The number of aliphatic hydroxyl groups excluding tert-OH is 1. The summed E-state index contributed by atoms with van der Waals surface area (Å²) in [6.07, 6.45) is 10.7. The van der Waals surface area contributed by atoms with Crippen LogP contribution in [-0.4, -0.2) is 45.9 Å². The molecule has 4 rings (SSSR count). The third-order valence-corrected chi connectivity index (χ3v) is 7.92. The van der Waals surface area contributed by atoms with E-state index in [9.17, 15) is 9.90 Å². The van der Waals surface area contributed by atoms with Crippen molar-refractivity contribution in [2.24, 2.45) is 11.8 Å². The van der Waals surface area contributed by atoms with Crippen molar-refractivity contribution in [3.05, 3.63) is 16.6 Å². The third-order valence-electron chi connectivity index (χ3n) is 6.80. The van der Waals surface area contributed by atoms with E-state index in [4.69, 9.17) is 5.10 Å². The van der Waals surface area contributed by atoms with Gasteiger partial charge in [-0.15, -0.1) is 11.3 Å². The summed E-state index contributed by atoms with van der Waals surface area (Å²) in [7, 11) is 1.94. The molecule has 154 valence electrons. The molecule has 1 N–H and O–H groups in total. The van der Waals surface area contributed by atoms with Crippen LogP contribution >= 0.6 is 11.3 Å². The molecule has 6 heteroatoms. The van der Waals surface area contributed by atoms with Crippen molar-refractivity contribution in [1.82, 2.24) is 14.7 Å². The van der Waals surface area contributed by atoms with Gasteiger partial charge in [0.15, 0.2) is 0 Å². The molecule has 1 amide bonds. The minimum absolute atomic E-state index is 0.139. The molecule has 2 aromatic rings. The van der Waals surface area contributed by atoms with Crippen LogP contribution in [0.4, 0.5) is 0 Å². The monoisotopic (exact) mass is 403 g/mol. The number of rotatable bonds is 5. The van der Waals surface area contributed by atoms with Crippen LogP contribution in [0.15, 0.2) is 6.07 Å². The third kappa shape index (κ3) is 3.99. The summed E-state index contributed by atoms with van der Waals surface area (Å²) in [6.45, 7) is 3.19. The molecule has 0 unspecified atom stereocenters. The molecule has 0 aliphatic heterocycles. The molecule has 0 atom stereocenters. The van der Waals surface area contributed by atoms with Crippen LogP contribution in [0.1, 0.15) is 79.2 Å². The first kappa shape index (κ1) is 19.9. The highest BCUT2D eigenvalue weighted by molar-refractivity contribution is 7.20. The first-order valence-corrected chi connectivity index (χ1v) is 11.7. The highest BCUT2D eigenvalue weighted by Crippen LogP contribution is 2.36. The van der Waals surface area contributed by atoms with Crippen LogP contribution in [0.5, 0.6) is 0 Å². The van der Waals surface area contributed by atoms with E-state index in [0.717, 1.165) is 48.2 Å². The van der Waals surface area contributed by atoms with Crippen molar-refractivity contribution in [2.75, 3.05) is 20.2 Å². The van der Waals surface area contributed by atoms with Gasteiger partial charge in [0.2, 0.25) is 0 Å². The molecule has 2 saturated carbocycles. The van der Waals surface area contributed by atoms with Gasteiger partial charge in [-0.2, -0.15) is 5.10 Å². The minimum Gasteiger partial charge on any atom is -0.396 e. The fourth-order valence-corrected chi connectivity index (χ4v) is 6.23. The molecule has 28 heavy (non-hydrogen) atoms. The standard InChI is InChI=1S/C22H33N3O2S/c1-15-19-12-20(28-22(19)25(23-15)18-6-4-3-5-7-18)21(27)24(2)13-16-8-10-17(14-26)11-9-16/h12,16-18,26H,3-11,13-14H2,1-2H3. The topological polar surface area (TPSA) is 58.4 Å². The van der Waals surface area contributed by atoms with Crippen LogP contribution in [0.25, 0.3) is 10.2 Å². The number of aromatic nitrogens is 2. The number of thiophene rings is 1. The first-order valence-electron chi connectivity index (χ1n) is 10.9. The Morgan fingerprint density at radius 1 is 1.18 bits per heavy atom. The summed E-state index contributed by atoms with van der Waals surface area (Å²) < 4.78 is 2.21. The van der Waals surface area contributed by atoms with Gasteiger partial charge in [-0.05, 0) is 63.4 Å². The maximum absolute atomic E-state index is 13.1. The Labute approximate surface area is 171 Å². The Bertz CT molecular complexity index is 813. The van der Waals surface area contributed by atoms with Crippen molar-refractivity contribution >= 4 is 27.5 Å². The second kappa shape index (κ2) is 8.54. The number of hydrogen-bond acceptors (Lipinski definition) is 4. The van der Waals surface area contributed by atoms with Crippen molar-refractivity contribution in [2.45, 2.75) is 70.8 Å². The van der Waals surface area contributed by atoms with Gasteiger partial charge in [0.25, 0.3) is 5.91 Å². The fraction of sp³-hybridized carbons (Fsp3) is 0.727. The quantitative estimate of drug-likeness (QED) is 0.781. The largest absolute Gasteiger partial charge is 0.396 e. The van der Waals surface area contributed by atoms with Crippen molar-refractivity contribution < 1.29 is 9.90 Å². The lowest BCUT2D eigenvalue weighted by atomic mass is 9.82. The average Bonchev–Trinajstić information content (AvgIpc) is 3.29. The molecule has 0 bridgehead atoms. The Balaban J connectivity index is 1.46. The Morgan fingerprint density at radius 2 is 1.86 bits per heavy atom. The van der Waals surface area contributed by atoms with Crippen LogP contribution in [0.3, 0.4) is 0 Å². The molecule has 0 radical (unpaired) electrons. The number of aliphatic hydroxyl groups is 1. The summed E-state index contributed by atoms with van der Waals surface area (Å²) in [5, 5.41) is 15.3. The van der Waals surface area contributed by atoms with E-state index >= 15 is 0 Å². The summed E-state index contributed by atoms with van der Waals surface area (Å²) in [6, 6.07) is 2.55. The van der Waals surface area contributed by atoms with Gasteiger partial charge in [-0.1, -0.05) is 19.3 Å². The Kier molecular flexibility index (Phi) is 6.07. The van der Waals surface area contributed by atoms with Gasteiger partial charge >= 0.3 is 0 Å². The first-order chi connectivity index (χ1) is 13.6. The van der Waals surface area contributed by atoms with E-state index in [-0.39, 0.29) is 5.91 Å². The molecule has 2 fully saturated rings. The highest BCUT2D eigenvalue weighted by Gasteiger charge is 2.26. The van der Waals surface area contributed by atoms with Gasteiger partial charge in [-0.3, -0.25) is 9.48 Å². The molecular formula is C22H33N3O2S. The predicted molar refractivity (Wildman–Crippen MR) is 114 cm³/mol. The lowest BCUT2D eigenvalue weighted by molar-refractivity contribution is 0.0748. The lowest BCUT2D eigenvalue weighted by Crippen LogP contribution is -2.33. The molecule has 0 saturated heterocycles. The number of amides is 1. The van der Waals surface area contributed by atoms with Crippen LogP contribution in [-0.2, 0) is 0 Å². The number of aryl methyl sites for hydroxylation is 1. The predicted octanol–water partition coefficient (Wildman–Crippen LogP) is 4.78. The number of hydrogen-bond donors (Lipinski definition) is 1. The zero-order valence-electron chi connectivity index (χ0n) is 17.2. The average molecular weight is 404 g/mol.